The molecular weight excluding hydrogens is 436 g/mol. The Morgan fingerprint density at radius 1 is 1.03 bits per heavy atom. The van der Waals surface area contributed by atoms with E-state index in [9.17, 15) is 19.7 Å². The summed E-state index contributed by atoms with van der Waals surface area (Å²) in [6.07, 6.45) is 0.813. The van der Waals surface area contributed by atoms with Crippen LogP contribution in [0, 0.1) is 22.5 Å². The topological polar surface area (TPSA) is 99.0 Å². The molecule has 2 aromatic rings. The largest absolute Gasteiger partial charge is 0.493 e. The molecular formula is C26H28N2O6. The van der Waals surface area contributed by atoms with Gasteiger partial charge in [0.25, 0.3) is 5.69 Å². The highest BCUT2D eigenvalue weighted by Gasteiger charge is 2.45. The lowest BCUT2D eigenvalue weighted by Crippen LogP contribution is -2.44. The highest BCUT2D eigenvalue weighted by atomic mass is 16.6. The number of anilines is 1. The zero-order valence-corrected chi connectivity index (χ0v) is 20.0. The van der Waals surface area contributed by atoms with Crippen molar-refractivity contribution >= 4 is 23.1 Å². The number of hydrogen-bond acceptors (Lipinski definition) is 6. The van der Waals surface area contributed by atoms with Gasteiger partial charge in [0.1, 0.15) is 5.69 Å². The van der Waals surface area contributed by atoms with Gasteiger partial charge in [-0.05, 0) is 48.1 Å². The van der Waals surface area contributed by atoms with Gasteiger partial charge in [0, 0.05) is 36.1 Å². The minimum atomic E-state index is -0.480. The number of ether oxygens (including phenoxy) is 2. The number of methoxy groups -OCH3 is 2. The van der Waals surface area contributed by atoms with Gasteiger partial charge in [-0.25, -0.2) is 0 Å². The van der Waals surface area contributed by atoms with Crippen LogP contribution in [0.25, 0.3) is 0 Å². The number of amides is 1. The van der Waals surface area contributed by atoms with E-state index in [0.29, 0.717) is 35.6 Å². The summed E-state index contributed by atoms with van der Waals surface area (Å²) in [7, 11) is 3.08. The van der Waals surface area contributed by atoms with Gasteiger partial charge in [0.15, 0.2) is 17.3 Å². The predicted molar refractivity (Wildman–Crippen MR) is 127 cm³/mol. The van der Waals surface area contributed by atoms with Crippen molar-refractivity contribution in [2.75, 3.05) is 19.1 Å². The lowest BCUT2D eigenvalue weighted by molar-refractivity contribution is -0.384. The molecule has 1 amide bonds. The number of allylic oxidation sites excluding steroid dienone is 2. The number of carbonyl (C=O) groups is 2. The van der Waals surface area contributed by atoms with Crippen molar-refractivity contribution in [3.05, 3.63) is 68.9 Å². The van der Waals surface area contributed by atoms with Gasteiger partial charge in [-0.3, -0.25) is 24.6 Å². The summed E-state index contributed by atoms with van der Waals surface area (Å²) in [5, 5.41) is 11.9. The number of carbonyl (C=O) groups excluding carboxylic acids is 2. The van der Waals surface area contributed by atoms with Crippen molar-refractivity contribution < 1.29 is 24.0 Å². The highest BCUT2D eigenvalue weighted by molar-refractivity contribution is 6.08. The first-order valence-electron chi connectivity index (χ1n) is 11.1. The maximum Gasteiger partial charge on any atom is 0.293 e. The third-order valence-electron chi connectivity index (χ3n) is 6.52. The Hall–Kier alpha value is -3.68. The standard InChI is InChI=1S/C26H28N2O6/c1-15-6-8-18(19(10-15)28(31)32)27-20-13-26(2,3)14-21(29)25(20)17(12-24(27)30)16-7-9-22(33-4)23(11-16)34-5/h6-11,17H,12-14H2,1-5H3. The molecule has 0 N–H and O–H groups in total. The zero-order valence-electron chi connectivity index (χ0n) is 20.0. The summed E-state index contributed by atoms with van der Waals surface area (Å²) in [5.74, 6) is 0.270. The van der Waals surface area contributed by atoms with Crippen LogP contribution in [-0.4, -0.2) is 30.8 Å². The summed E-state index contributed by atoms with van der Waals surface area (Å²) >= 11 is 0. The van der Waals surface area contributed by atoms with E-state index in [2.05, 4.69) is 0 Å². The Morgan fingerprint density at radius 3 is 2.38 bits per heavy atom. The maximum atomic E-state index is 13.6. The number of Topliss-reactive ketones (excluding diaryl/α,β-unsaturated/α-hetero) is 1. The van der Waals surface area contributed by atoms with Gasteiger partial charge < -0.3 is 9.47 Å². The van der Waals surface area contributed by atoms with Gasteiger partial charge in [-0.15, -0.1) is 0 Å². The van der Waals surface area contributed by atoms with E-state index in [-0.39, 0.29) is 34.9 Å². The van der Waals surface area contributed by atoms with E-state index in [1.807, 2.05) is 19.9 Å². The molecule has 1 aliphatic carbocycles. The minimum absolute atomic E-state index is 0.0194. The van der Waals surface area contributed by atoms with Crippen molar-refractivity contribution in [2.24, 2.45) is 5.41 Å². The lowest BCUT2D eigenvalue weighted by atomic mass is 9.69. The Labute approximate surface area is 198 Å². The molecule has 0 spiro atoms. The monoisotopic (exact) mass is 464 g/mol. The molecule has 1 heterocycles. The fourth-order valence-corrected chi connectivity index (χ4v) is 5.02. The van der Waals surface area contributed by atoms with Crippen molar-refractivity contribution in [2.45, 2.75) is 46.0 Å². The minimum Gasteiger partial charge on any atom is -0.493 e. The van der Waals surface area contributed by atoms with Crippen LogP contribution in [0.5, 0.6) is 11.5 Å². The van der Waals surface area contributed by atoms with E-state index in [1.165, 1.54) is 18.1 Å². The molecule has 0 bridgehead atoms. The second kappa shape index (κ2) is 8.59. The molecule has 0 saturated carbocycles. The van der Waals surface area contributed by atoms with Crippen LogP contribution in [0.15, 0.2) is 47.7 Å². The van der Waals surface area contributed by atoms with Gasteiger partial charge in [0.05, 0.1) is 19.1 Å². The summed E-state index contributed by atoms with van der Waals surface area (Å²) in [6.45, 7) is 5.71. The number of nitro benzene ring substituents is 1. The summed E-state index contributed by atoms with van der Waals surface area (Å²) in [5.41, 5.74) is 2.24. The quantitative estimate of drug-likeness (QED) is 0.452. The number of benzene rings is 2. The Morgan fingerprint density at radius 2 is 1.74 bits per heavy atom. The van der Waals surface area contributed by atoms with Crippen LogP contribution >= 0.6 is 0 Å². The first-order valence-corrected chi connectivity index (χ1v) is 11.1. The highest BCUT2D eigenvalue weighted by Crippen LogP contribution is 2.50. The van der Waals surface area contributed by atoms with Gasteiger partial charge in [0.2, 0.25) is 5.91 Å². The lowest BCUT2D eigenvalue weighted by Gasteiger charge is -2.42. The summed E-state index contributed by atoms with van der Waals surface area (Å²) in [6, 6.07) is 10.2. The van der Waals surface area contributed by atoms with Crippen LogP contribution < -0.4 is 14.4 Å². The van der Waals surface area contributed by atoms with E-state index in [1.54, 1.807) is 38.3 Å². The van der Waals surface area contributed by atoms with Gasteiger partial charge in [-0.2, -0.15) is 0 Å². The Balaban J connectivity index is 1.93. The number of nitro groups is 1. The maximum absolute atomic E-state index is 13.6. The van der Waals surface area contributed by atoms with Crippen molar-refractivity contribution in [3.63, 3.8) is 0 Å². The average molecular weight is 465 g/mol. The number of aryl methyl sites for hydroxylation is 1. The molecule has 1 unspecified atom stereocenters. The first kappa shape index (κ1) is 23.5. The van der Waals surface area contributed by atoms with Crippen LogP contribution in [-0.2, 0) is 9.59 Å². The molecule has 178 valence electrons. The van der Waals surface area contributed by atoms with E-state index in [0.717, 1.165) is 11.1 Å². The van der Waals surface area contributed by atoms with Crippen LogP contribution in [0.2, 0.25) is 0 Å². The van der Waals surface area contributed by atoms with Crippen molar-refractivity contribution in [1.82, 2.24) is 0 Å². The summed E-state index contributed by atoms with van der Waals surface area (Å²) in [4.78, 5) is 39.8. The third kappa shape index (κ3) is 4.04. The normalized spacial score (nSPS) is 19.7. The molecule has 34 heavy (non-hydrogen) atoms. The Kier molecular flexibility index (Phi) is 5.93. The fourth-order valence-electron chi connectivity index (χ4n) is 5.02. The molecule has 8 nitrogen and oxygen atoms in total. The first-order chi connectivity index (χ1) is 16.1. The zero-order chi connectivity index (χ0) is 24.8. The van der Waals surface area contributed by atoms with Crippen LogP contribution in [0.4, 0.5) is 11.4 Å². The third-order valence-corrected chi connectivity index (χ3v) is 6.52. The molecule has 4 rings (SSSR count). The molecule has 0 aromatic heterocycles. The number of rotatable bonds is 5. The second-order valence-corrected chi connectivity index (χ2v) is 9.65. The predicted octanol–water partition coefficient (Wildman–Crippen LogP) is 5.08. The number of hydrogen-bond donors (Lipinski definition) is 0. The molecule has 1 atom stereocenters. The molecule has 1 aliphatic heterocycles. The summed E-state index contributed by atoms with van der Waals surface area (Å²) < 4.78 is 10.8. The van der Waals surface area contributed by atoms with Crippen LogP contribution in [0.1, 0.15) is 50.2 Å². The molecule has 0 fully saturated rings. The number of ketones is 1. The van der Waals surface area contributed by atoms with Crippen LogP contribution in [0.3, 0.4) is 0 Å². The molecule has 0 radical (unpaired) electrons. The van der Waals surface area contributed by atoms with Crippen molar-refractivity contribution in [3.8, 4) is 11.5 Å². The van der Waals surface area contributed by atoms with Crippen molar-refractivity contribution in [1.29, 1.82) is 0 Å². The van der Waals surface area contributed by atoms with Gasteiger partial charge in [-0.1, -0.05) is 26.0 Å². The van der Waals surface area contributed by atoms with E-state index in [4.69, 9.17) is 9.47 Å². The molecule has 2 aromatic carbocycles. The SMILES string of the molecule is COc1ccc(C2CC(=O)N(c3ccc(C)cc3[N+](=O)[O-])C3=C2C(=O)CC(C)(C)C3)cc1OC. The molecule has 0 saturated heterocycles. The fraction of sp³-hybridized carbons (Fsp3) is 0.385. The smallest absolute Gasteiger partial charge is 0.293 e. The number of nitrogens with zero attached hydrogens (tertiary/aromatic N) is 2. The molecule has 2 aliphatic rings. The average Bonchev–Trinajstić information content (AvgIpc) is 2.77. The van der Waals surface area contributed by atoms with E-state index < -0.39 is 10.8 Å². The van der Waals surface area contributed by atoms with E-state index >= 15 is 0 Å². The molecule has 8 heteroatoms. The second-order valence-electron chi connectivity index (χ2n) is 9.65. The Bertz CT molecular complexity index is 1230. The van der Waals surface area contributed by atoms with Gasteiger partial charge >= 0.3 is 0 Å².